The summed E-state index contributed by atoms with van der Waals surface area (Å²) in [7, 11) is 0. The van der Waals surface area contributed by atoms with Crippen molar-refractivity contribution in [2.24, 2.45) is 0 Å². The van der Waals surface area contributed by atoms with E-state index in [4.69, 9.17) is 11.6 Å². The molecule has 0 spiro atoms. The van der Waals surface area contributed by atoms with E-state index < -0.39 is 17.0 Å². The molecule has 0 saturated carbocycles. The smallest absolute Gasteiger partial charge is 0.325 e. The molecule has 1 unspecified atom stereocenters. The lowest BCUT2D eigenvalue weighted by Crippen LogP contribution is -2.23. The largest absolute Gasteiger partial charge is 0.417 e. The van der Waals surface area contributed by atoms with Gasteiger partial charge in [-0.3, -0.25) is 4.79 Å². The molecule has 0 aliphatic heterocycles. The first-order valence-electron chi connectivity index (χ1n) is 8.60. The van der Waals surface area contributed by atoms with Crippen molar-refractivity contribution < 1.29 is 18.0 Å². The van der Waals surface area contributed by atoms with Crippen LogP contribution in [0.2, 0.25) is 5.02 Å². The zero-order chi connectivity index (χ0) is 21.0. The number of pyridine rings is 1. The number of benzene rings is 2. The second-order valence-corrected chi connectivity index (χ2v) is 7.91. The van der Waals surface area contributed by atoms with Crippen LogP contribution in [0.4, 0.5) is 18.9 Å². The number of amides is 1. The minimum absolute atomic E-state index is 0.144. The minimum atomic E-state index is -4.52. The Morgan fingerprint density at radius 1 is 1.10 bits per heavy atom. The van der Waals surface area contributed by atoms with Gasteiger partial charge in [0.1, 0.15) is 5.03 Å². The highest BCUT2D eigenvalue weighted by atomic mass is 35.5. The SMILES string of the molecule is CC(Sc1ncc(C(F)(F)F)cc1Cl)C(=O)Nc1ccccc1-c1ccccc1. The Morgan fingerprint density at radius 3 is 2.41 bits per heavy atom. The van der Waals surface area contributed by atoms with E-state index in [0.717, 1.165) is 29.0 Å². The quantitative estimate of drug-likeness (QED) is 0.462. The summed E-state index contributed by atoms with van der Waals surface area (Å²) in [5, 5.41) is 2.27. The number of carbonyl (C=O) groups is 1. The first-order chi connectivity index (χ1) is 13.8. The van der Waals surface area contributed by atoms with Gasteiger partial charge in [-0.2, -0.15) is 13.2 Å². The van der Waals surface area contributed by atoms with Gasteiger partial charge >= 0.3 is 6.18 Å². The number of aromatic nitrogens is 1. The molecule has 1 atom stereocenters. The Kier molecular flexibility index (Phi) is 6.49. The van der Waals surface area contributed by atoms with Crippen molar-refractivity contribution in [3.8, 4) is 11.1 Å². The number of para-hydroxylation sites is 1. The van der Waals surface area contributed by atoms with E-state index >= 15 is 0 Å². The van der Waals surface area contributed by atoms with Gasteiger partial charge in [0, 0.05) is 17.4 Å². The fourth-order valence-corrected chi connectivity index (χ4v) is 3.67. The number of anilines is 1. The summed E-state index contributed by atoms with van der Waals surface area (Å²) in [6.45, 7) is 1.64. The molecule has 0 aliphatic rings. The minimum Gasteiger partial charge on any atom is -0.325 e. The summed E-state index contributed by atoms with van der Waals surface area (Å²) in [4.78, 5) is 16.4. The topological polar surface area (TPSA) is 42.0 Å². The molecule has 1 N–H and O–H groups in total. The summed E-state index contributed by atoms with van der Waals surface area (Å²) in [5.41, 5.74) is 1.53. The van der Waals surface area contributed by atoms with Crippen LogP contribution >= 0.6 is 23.4 Å². The van der Waals surface area contributed by atoms with Crippen molar-refractivity contribution in [2.45, 2.75) is 23.4 Å². The highest BCUT2D eigenvalue weighted by molar-refractivity contribution is 8.00. The van der Waals surface area contributed by atoms with E-state index in [1.807, 2.05) is 48.5 Å². The number of nitrogens with one attached hydrogen (secondary N) is 1. The van der Waals surface area contributed by atoms with E-state index in [0.29, 0.717) is 11.9 Å². The first kappa shape index (κ1) is 21.2. The molecule has 3 nitrogen and oxygen atoms in total. The number of thioether (sulfide) groups is 1. The summed E-state index contributed by atoms with van der Waals surface area (Å²) in [6.07, 6.45) is -3.81. The van der Waals surface area contributed by atoms with E-state index in [1.54, 1.807) is 13.0 Å². The molecule has 1 amide bonds. The lowest BCUT2D eigenvalue weighted by atomic mass is 10.0. The van der Waals surface area contributed by atoms with Crippen molar-refractivity contribution in [2.75, 3.05) is 5.32 Å². The second kappa shape index (κ2) is 8.88. The average molecular weight is 437 g/mol. The van der Waals surface area contributed by atoms with Crippen LogP contribution in [0.5, 0.6) is 0 Å². The molecule has 3 rings (SSSR count). The van der Waals surface area contributed by atoms with E-state index in [-0.39, 0.29) is 16.0 Å². The highest BCUT2D eigenvalue weighted by Crippen LogP contribution is 2.35. The average Bonchev–Trinajstić information content (AvgIpc) is 2.69. The number of rotatable bonds is 5. The van der Waals surface area contributed by atoms with Crippen molar-refractivity contribution in [3.63, 3.8) is 0 Å². The van der Waals surface area contributed by atoms with Gasteiger partial charge in [0.2, 0.25) is 5.91 Å². The lowest BCUT2D eigenvalue weighted by molar-refractivity contribution is -0.137. The van der Waals surface area contributed by atoms with E-state index in [9.17, 15) is 18.0 Å². The Bertz CT molecular complexity index is 1010. The van der Waals surface area contributed by atoms with Crippen molar-refractivity contribution in [1.82, 2.24) is 4.98 Å². The van der Waals surface area contributed by atoms with Crippen LogP contribution in [0.25, 0.3) is 11.1 Å². The molecule has 8 heteroatoms. The number of halogens is 4. The zero-order valence-electron chi connectivity index (χ0n) is 15.2. The highest BCUT2D eigenvalue weighted by Gasteiger charge is 2.32. The van der Waals surface area contributed by atoms with Gasteiger partial charge in [-0.25, -0.2) is 4.98 Å². The molecular weight excluding hydrogens is 421 g/mol. The fraction of sp³-hybridized carbons (Fsp3) is 0.143. The van der Waals surface area contributed by atoms with Crippen LogP contribution in [-0.4, -0.2) is 16.1 Å². The van der Waals surface area contributed by atoms with Crippen LogP contribution in [0.1, 0.15) is 12.5 Å². The fourth-order valence-electron chi connectivity index (χ4n) is 2.58. The predicted octanol–water partition coefficient (Wildman–Crippen LogP) is 6.54. The first-order valence-corrected chi connectivity index (χ1v) is 9.86. The lowest BCUT2D eigenvalue weighted by Gasteiger charge is -2.15. The molecule has 0 saturated heterocycles. The summed E-state index contributed by atoms with van der Waals surface area (Å²) >= 11 is 6.93. The summed E-state index contributed by atoms with van der Waals surface area (Å²) in [5.74, 6) is -0.309. The van der Waals surface area contributed by atoms with E-state index in [2.05, 4.69) is 10.3 Å². The monoisotopic (exact) mass is 436 g/mol. The number of alkyl halides is 3. The van der Waals surface area contributed by atoms with Gasteiger partial charge in [-0.1, -0.05) is 71.9 Å². The van der Waals surface area contributed by atoms with Crippen LogP contribution in [0, 0.1) is 0 Å². The molecule has 0 aliphatic carbocycles. The molecule has 0 radical (unpaired) electrons. The Balaban J connectivity index is 1.74. The maximum atomic E-state index is 12.7. The van der Waals surface area contributed by atoms with Crippen LogP contribution in [-0.2, 0) is 11.0 Å². The molecule has 2 aromatic carbocycles. The second-order valence-electron chi connectivity index (χ2n) is 6.17. The third-order valence-corrected chi connectivity index (χ3v) is 5.58. The maximum Gasteiger partial charge on any atom is 0.417 e. The third-order valence-electron chi connectivity index (χ3n) is 4.06. The Hall–Kier alpha value is -2.51. The van der Waals surface area contributed by atoms with Crippen LogP contribution in [0.3, 0.4) is 0 Å². The Labute approximate surface area is 175 Å². The molecular formula is C21H16ClF3N2OS. The van der Waals surface area contributed by atoms with Crippen LogP contribution in [0.15, 0.2) is 71.9 Å². The predicted molar refractivity (Wildman–Crippen MR) is 110 cm³/mol. The van der Waals surface area contributed by atoms with Gasteiger partial charge in [0.25, 0.3) is 0 Å². The van der Waals surface area contributed by atoms with Gasteiger partial charge in [-0.05, 0) is 24.6 Å². The van der Waals surface area contributed by atoms with Crippen LogP contribution < -0.4 is 5.32 Å². The molecule has 3 aromatic rings. The Morgan fingerprint density at radius 2 is 1.76 bits per heavy atom. The zero-order valence-corrected chi connectivity index (χ0v) is 16.8. The van der Waals surface area contributed by atoms with Crippen molar-refractivity contribution >= 4 is 35.0 Å². The van der Waals surface area contributed by atoms with Crippen molar-refractivity contribution in [1.29, 1.82) is 0 Å². The molecule has 0 bridgehead atoms. The third kappa shape index (κ3) is 5.31. The maximum absolute atomic E-state index is 12.7. The molecule has 29 heavy (non-hydrogen) atoms. The summed E-state index contributed by atoms with van der Waals surface area (Å²) < 4.78 is 38.2. The van der Waals surface area contributed by atoms with Gasteiger partial charge in [-0.15, -0.1) is 0 Å². The number of carbonyl (C=O) groups excluding carboxylic acids is 1. The molecule has 0 fully saturated rings. The normalized spacial score (nSPS) is 12.4. The molecule has 150 valence electrons. The number of nitrogens with zero attached hydrogens (tertiary/aromatic N) is 1. The number of hydrogen-bond donors (Lipinski definition) is 1. The van der Waals surface area contributed by atoms with Gasteiger partial charge < -0.3 is 5.32 Å². The standard InChI is InChI=1S/C21H16ClF3N2OS/c1-13(29-20-17(22)11-15(12-26-20)21(23,24)25)19(28)27-18-10-6-5-9-16(18)14-7-3-2-4-8-14/h2-13H,1H3,(H,27,28). The van der Waals surface area contributed by atoms with Gasteiger partial charge in [0.15, 0.2) is 0 Å². The molecule has 1 heterocycles. The molecule has 1 aromatic heterocycles. The number of hydrogen-bond acceptors (Lipinski definition) is 3. The van der Waals surface area contributed by atoms with E-state index in [1.165, 1.54) is 0 Å². The van der Waals surface area contributed by atoms with Gasteiger partial charge in [0.05, 0.1) is 15.8 Å². The summed E-state index contributed by atoms with van der Waals surface area (Å²) in [6, 6.07) is 17.8. The van der Waals surface area contributed by atoms with Crippen molar-refractivity contribution in [3.05, 3.63) is 77.4 Å².